The smallest absolute Gasteiger partial charge is 0.241 e. The summed E-state index contributed by atoms with van der Waals surface area (Å²) >= 11 is 6.66. The van der Waals surface area contributed by atoms with Crippen molar-refractivity contribution in [2.45, 2.75) is 51.2 Å². The number of amides is 2. The molecule has 0 aliphatic carbocycles. The second-order valence-electron chi connectivity index (χ2n) is 5.93. The van der Waals surface area contributed by atoms with Gasteiger partial charge in [0.25, 0.3) is 0 Å². The maximum Gasteiger partial charge on any atom is 0.241 e. The van der Waals surface area contributed by atoms with Gasteiger partial charge in [-0.25, -0.2) is 0 Å². The third-order valence-corrected chi connectivity index (χ3v) is 5.53. The minimum atomic E-state index is -0.0534. The second kappa shape index (κ2) is 9.18. The lowest BCUT2D eigenvalue weighted by Crippen LogP contribution is -2.31. The molecule has 1 saturated heterocycles. The molecule has 1 N–H and O–H groups in total. The molecule has 0 radical (unpaired) electrons. The Morgan fingerprint density at radius 3 is 2.54 bits per heavy atom. The number of aryl methyl sites for hydroxylation is 1. The molecule has 1 aliphatic rings. The molecule has 0 saturated carbocycles. The molecule has 1 fully saturated rings. The number of rotatable bonds is 8. The van der Waals surface area contributed by atoms with Crippen LogP contribution in [0.15, 0.2) is 24.3 Å². The lowest BCUT2D eigenvalue weighted by molar-refractivity contribution is -0.125. The third kappa shape index (κ3) is 5.31. The molecule has 0 aromatic heterocycles. The first kappa shape index (κ1) is 18.9. The summed E-state index contributed by atoms with van der Waals surface area (Å²) in [7, 11) is 0. The van der Waals surface area contributed by atoms with Gasteiger partial charge in [-0.1, -0.05) is 49.5 Å². The van der Waals surface area contributed by atoms with E-state index in [1.54, 1.807) is 4.90 Å². The fourth-order valence-electron chi connectivity index (χ4n) is 2.56. The van der Waals surface area contributed by atoms with E-state index in [0.29, 0.717) is 17.3 Å². The summed E-state index contributed by atoms with van der Waals surface area (Å²) in [4.78, 5) is 25.5. The maximum absolute atomic E-state index is 11.9. The summed E-state index contributed by atoms with van der Waals surface area (Å²) in [6.45, 7) is 4.65. The summed E-state index contributed by atoms with van der Waals surface area (Å²) in [5, 5.41) is 2.86. The molecule has 1 aliphatic heterocycles. The predicted octanol–water partition coefficient (Wildman–Crippen LogP) is 4.00. The Kier molecular flexibility index (Phi) is 7.24. The monoisotopic (exact) mass is 364 g/mol. The number of carbonyl (C=O) groups is 2. The first-order valence-electron chi connectivity index (χ1n) is 8.42. The molecule has 1 aromatic carbocycles. The van der Waals surface area contributed by atoms with Crippen molar-refractivity contribution in [3.63, 3.8) is 0 Å². The zero-order valence-electron chi connectivity index (χ0n) is 14.2. The van der Waals surface area contributed by atoms with Crippen molar-refractivity contribution in [1.82, 2.24) is 4.90 Å². The summed E-state index contributed by atoms with van der Waals surface area (Å²) < 4.78 is 0.681. The van der Waals surface area contributed by atoms with E-state index < -0.39 is 0 Å². The SMILES string of the molecule is CCc1ccc(NC(=O)CCCCCN2C(=O)C(C)SC2=S)cc1. The van der Waals surface area contributed by atoms with Gasteiger partial charge in [-0.05, 0) is 43.9 Å². The molecule has 0 bridgehead atoms. The summed E-state index contributed by atoms with van der Waals surface area (Å²) in [5.41, 5.74) is 2.10. The van der Waals surface area contributed by atoms with Crippen LogP contribution in [0.25, 0.3) is 0 Å². The summed E-state index contributed by atoms with van der Waals surface area (Å²) in [6, 6.07) is 7.94. The maximum atomic E-state index is 11.9. The highest BCUT2D eigenvalue weighted by molar-refractivity contribution is 8.24. The van der Waals surface area contributed by atoms with Crippen molar-refractivity contribution in [3.8, 4) is 0 Å². The number of nitrogens with one attached hydrogen (secondary N) is 1. The van der Waals surface area contributed by atoms with E-state index in [2.05, 4.69) is 12.2 Å². The Bertz CT molecular complexity index is 602. The molecule has 2 rings (SSSR count). The largest absolute Gasteiger partial charge is 0.326 e. The molecule has 1 atom stereocenters. The van der Waals surface area contributed by atoms with E-state index >= 15 is 0 Å². The van der Waals surface area contributed by atoms with Gasteiger partial charge in [0.05, 0.1) is 5.25 Å². The number of thioether (sulfide) groups is 1. The minimum Gasteiger partial charge on any atom is -0.326 e. The van der Waals surface area contributed by atoms with Crippen molar-refractivity contribution in [1.29, 1.82) is 0 Å². The normalized spacial score (nSPS) is 17.4. The van der Waals surface area contributed by atoms with Crippen LogP contribution >= 0.6 is 24.0 Å². The molecule has 6 heteroatoms. The van der Waals surface area contributed by atoms with Gasteiger partial charge >= 0.3 is 0 Å². The fraction of sp³-hybridized carbons (Fsp3) is 0.500. The number of hydrogen-bond acceptors (Lipinski definition) is 4. The van der Waals surface area contributed by atoms with Crippen LogP contribution < -0.4 is 5.32 Å². The standard InChI is InChI=1S/C18H24N2O2S2/c1-3-14-8-10-15(11-9-14)19-16(21)7-5-4-6-12-20-17(22)13(2)24-18(20)23/h8-11,13H,3-7,12H2,1-2H3,(H,19,21). The minimum absolute atomic E-state index is 0.0381. The first-order valence-corrected chi connectivity index (χ1v) is 9.71. The third-order valence-electron chi connectivity index (χ3n) is 4.04. The van der Waals surface area contributed by atoms with E-state index in [4.69, 9.17) is 12.2 Å². The van der Waals surface area contributed by atoms with Gasteiger partial charge in [0.1, 0.15) is 4.32 Å². The molecular weight excluding hydrogens is 340 g/mol. The second-order valence-corrected chi connectivity index (χ2v) is 7.90. The molecule has 1 heterocycles. The molecule has 4 nitrogen and oxygen atoms in total. The van der Waals surface area contributed by atoms with Gasteiger partial charge in [-0.15, -0.1) is 0 Å². The van der Waals surface area contributed by atoms with Crippen molar-refractivity contribution in [2.24, 2.45) is 0 Å². The molecule has 1 unspecified atom stereocenters. The first-order chi connectivity index (χ1) is 11.5. The highest BCUT2D eigenvalue weighted by Gasteiger charge is 2.32. The van der Waals surface area contributed by atoms with Crippen LogP contribution in [0.3, 0.4) is 0 Å². The van der Waals surface area contributed by atoms with Crippen LogP contribution in [-0.2, 0) is 16.0 Å². The van der Waals surface area contributed by atoms with Gasteiger partial charge in [0.2, 0.25) is 11.8 Å². The van der Waals surface area contributed by atoms with Crippen LogP contribution in [0.4, 0.5) is 5.69 Å². The van der Waals surface area contributed by atoms with Crippen LogP contribution in [0.1, 0.15) is 45.1 Å². The molecule has 24 heavy (non-hydrogen) atoms. The van der Waals surface area contributed by atoms with E-state index in [1.165, 1.54) is 17.3 Å². The number of benzene rings is 1. The number of nitrogens with zero attached hydrogens (tertiary/aromatic N) is 1. The summed E-state index contributed by atoms with van der Waals surface area (Å²) in [5.74, 6) is 0.148. The van der Waals surface area contributed by atoms with Crippen molar-refractivity contribution >= 4 is 45.8 Å². The van der Waals surface area contributed by atoms with Crippen LogP contribution in [0, 0.1) is 0 Å². The molecular formula is C18H24N2O2S2. The Morgan fingerprint density at radius 1 is 1.25 bits per heavy atom. The average molecular weight is 365 g/mol. The van der Waals surface area contributed by atoms with Gasteiger partial charge in [-0.3, -0.25) is 14.5 Å². The Hall–Kier alpha value is -1.40. The van der Waals surface area contributed by atoms with E-state index in [1.807, 2.05) is 31.2 Å². The Labute approximate surface area is 153 Å². The quantitative estimate of drug-likeness (QED) is 0.560. The van der Waals surface area contributed by atoms with Crippen LogP contribution in [0.5, 0.6) is 0 Å². The van der Waals surface area contributed by atoms with Crippen molar-refractivity contribution in [3.05, 3.63) is 29.8 Å². The van der Waals surface area contributed by atoms with Crippen molar-refractivity contribution < 1.29 is 9.59 Å². The summed E-state index contributed by atoms with van der Waals surface area (Å²) in [6.07, 6.45) is 4.09. The lowest BCUT2D eigenvalue weighted by atomic mass is 10.1. The van der Waals surface area contributed by atoms with Gasteiger partial charge < -0.3 is 5.32 Å². The van der Waals surface area contributed by atoms with Crippen molar-refractivity contribution in [2.75, 3.05) is 11.9 Å². The fourth-order valence-corrected chi connectivity index (χ4v) is 4.01. The topological polar surface area (TPSA) is 49.4 Å². The molecule has 2 amide bonds. The van der Waals surface area contributed by atoms with E-state index in [-0.39, 0.29) is 17.1 Å². The zero-order chi connectivity index (χ0) is 17.5. The number of unbranched alkanes of at least 4 members (excludes halogenated alkanes) is 2. The van der Waals surface area contributed by atoms with Gasteiger partial charge in [0, 0.05) is 18.7 Å². The molecule has 0 spiro atoms. The lowest BCUT2D eigenvalue weighted by Gasteiger charge is -2.14. The van der Waals surface area contributed by atoms with Crippen LogP contribution in [-0.4, -0.2) is 32.8 Å². The number of thiocarbonyl (C=S) groups is 1. The van der Waals surface area contributed by atoms with E-state index in [0.717, 1.165) is 31.4 Å². The van der Waals surface area contributed by atoms with E-state index in [9.17, 15) is 9.59 Å². The number of hydrogen-bond donors (Lipinski definition) is 1. The Balaban J connectivity index is 1.62. The van der Waals surface area contributed by atoms with Gasteiger partial charge in [0.15, 0.2) is 0 Å². The molecule has 130 valence electrons. The van der Waals surface area contributed by atoms with Gasteiger partial charge in [-0.2, -0.15) is 0 Å². The highest BCUT2D eigenvalue weighted by Crippen LogP contribution is 2.27. The number of anilines is 1. The zero-order valence-corrected chi connectivity index (χ0v) is 15.8. The Morgan fingerprint density at radius 2 is 1.96 bits per heavy atom. The highest BCUT2D eigenvalue weighted by atomic mass is 32.2. The molecule has 1 aromatic rings. The number of carbonyl (C=O) groups excluding carboxylic acids is 2. The average Bonchev–Trinajstić information content (AvgIpc) is 2.81. The van der Waals surface area contributed by atoms with Crippen LogP contribution in [0.2, 0.25) is 0 Å². The predicted molar refractivity (Wildman–Crippen MR) is 104 cm³/mol.